The average molecular weight is 246 g/mol. The van der Waals surface area contributed by atoms with Crippen LogP contribution in [0.15, 0.2) is 27.4 Å². The maximum Gasteiger partial charge on any atom is 0.419 e. The minimum Gasteiger partial charge on any atom is -0.408 e. The van der Waals surface area contributed by atoms with Crippen LogP contribution < -0.4 is 11.1 Å². The third-order valence-electron chi connectivity index (χ3n) is 3.78. The first-order chi connectivity index (χ1) is 8.79. The highest BCUT2D eigenvalue weighted by Gasteiger charge is 2.17. The van der Waals surface area contributed by atoms with Crippen molar-refractivity contribution in [2.75, 3.05) is 13.1 Å². The molecule has 1 aromatic carbocycles. The van der Waals surface area contributed by atoms with Gasteiger partial charge < -0.3 is 9.73 Å². The minimum atomic E-state index is -0.258. The molecule has 1 atom stereocenters. The topological polar surface area (TPSA) is 47.2 Å². The molecule has 4 nitrogen and oxygen atoms in total. The predicted molar refractivity (Wildman–Crippen MR) is 71.0 cm³/mol. The first kappa shape index (κ1) is 11.5. The number of rotatable bonds is 2. The van der Waals surface area contributed by atoms with Gasteiger partial charge in [0, 0.05) is 13.1 Å². The highest BCUT2D eigenvalue weighted by molar-refractivity contribution is 5.74. The number of nitrogens with zero attached hydrogens (tertiary/aromatic N) is 1. The third-order valence-corrected chi connectivity index (χ3v) is 3.78. The molecule has 18 heavy (non-hydrogen) atoms. The van der Waals surface area contributed by atoms with Crippen LogP contribution in [0, 0.1) is 0 Å². The van der Waals surface area contributed by atoms with Gasteiger partial charge in [0.25, 0.3) is 0 Å². The molecule has 2 aromatic rings. The number of hydrogen-bond donors (Lipinski definition) is 1. The van der Waals surface area contributed by atoms with Crippen molar-refractivity contribution >= 4 is 11.1 Å². The lowest BCUT2D eigenvalue weighted by Gasteiger charge is -2.23. The molecule has 1 aromatic heterocycles. The summed E-state index contributed by atoms with van der Waals surface area (Å²) < 4.78 is 6.91. The number of hydrogen-bond acceptors (Lipinski definition) is 3. The van der Waals surface area contributed by atoms with Crippen LogP contribution in [0.3, 0.4) is 0 Å². The van der Waals surface area contributed by atoms with E-state index in [0.717, 1.165) is 18.6 Å². The van der Waals surface area contributed by atoms with E-state index in [9.17, 15) is 4.79 Å². The third kappa shape index (κ3) is 1.86. The normalized spacial score (nSPS) is 20.4. The molecule has 0 radical (unpaired) electrons. The molecule has 0 bridgehead atoms. The zero-order chi connectivity index (χ0) is 12.5. The van der Waals surface area contributed by atoms with Crippen LogP contribution in [-0.2, 0) is 6.54 Å². The van der Waals surface area contributed by atoms with Crippen LogP contribution in [0.4, 0.5) is 0 Å². The van der Waals surface area contributed by atoms with E-state index in [1.54, 1.807) is 4.57 Å². The van der Waals surface area contributed by atoms with E-state index >= 15 is 0 Å². The fourth-order valence-electron chi connectivity index (χ4n) is 2.77. The summed E-state index contributed by atoms with van der Waals surface area (Å²) in [7, 11) is 0. The number of nitrogens with one attached hydrogen (secondary N) is 1. The highest BCUT2D eigenvalue weighted by atomic mass is 16.4. The van der Waals surface area contributed by atoms with Gasteiger partial charge in [-0.3, -0.25) is 4.57 Å². The molecular formula is C14H18N2O2. The Kier molecular flexibility index (Phi) is 2.96. The number of fused-ring (bicyclic) bond motifs is 1. The fraction of sp³-hybridized carbons (Fsp3) is 0.500. The molecule has 2 heterocycles. The number of piperidine rings is 1. The van der Waals surface area contributed by atoms with Gasteiger partial charge >= 0.3 is 5.76 Å². The average Bonchev–Trinajstić information content (AvgIpc) is 2.74. The molecule has 96 valence electrons. The second-order valence-corrected chi connectivity index (χ2v) is 4.88. The zero-order valence-electron chi connectivity index (χ0n) is 10.6. The predicted octanol–water partition coefficient (Wildman–Crippen LogP) is 2.08. The molecule has 1 unspecified atom stereocenters. The Labute approximate surface area is 106 Å². The van der Waals surface area contributed by atoms with Crippen LogP contribution in [0.25, 0.3) is 11.1 Å². The van der Waals surface area contributed by atoms with Gasteiger partial charge in [0.05, 0.1) is 5.52 Å². The Hall–Kier alpha value is -1.55. The van der Waals surface area contributed by atoms with Gasteiger partial charge in [0.1, 0.15) is 0 Å². The molecule has 0 aliphatic carbocycles. The molecule has 1 saturated heterocycles. The fourth-order valence-corrected chi connectivity index (χ4v) is 2.77. The van der Waals surface area contributed by atoms with Crippen molar-refractivity contribution in [3.63, 3.8) is 0 Å². The van der Waals surface area contributed by atoms with Gasteiger partial charge in [-0.15, -0.1) is 0 Å². The number of oxazole rings is 1. The van der Waals surface area contributed by atoms with Crippen LogP contribution in [-0.4, -0.2) is 17.7 Å². The van der Waals surface area contributed by atoms with Crippen molar-refractivity contribution in [2.24, 2.45) is 0 Å². The number of aryl methyl sites for hydroxylation is 1. The lowest BCUT2D eigenvalue weighted by Crippen LogP contribution is -2.28. The van der Waals surface area contributed by atoms with E-state index in [0.29, 0.717) is 18.0 Å². The summed E-state index contributed by atoms with van der Waals surface area (Å²) in [5.41, 5.74) is 2.91. The summed E-state index contributed by atoms with van der Waals surface area (Å²) in [5.74, 6) is 0.296. The zero-order valence-corrected chi connectivity index (χ0v) is 10.6. The van der Waals surface area contributed by atoms with Crippen molar-refractivity contribution < 1.29 is 4.42 Å². The van der Waals surface area contributed by atoms with Crippen molar-refractivity contribution in [1.29, 1.82) is 0 Å². The van der Waals surface area contributed by atoms with Gasteiger partial charge in [0.15, 0.2) is 5.58 Å². The van der Waals surface area contributed by atoms with E-state index in [4.69, 9.17) is 4.42 Å². The maximum absolute atomic E-state index is 11.6. The number of aromatic nitrogens is 1. The monoisotopic (exact) mass is 246 g/mol. The molecule has 1 aliphatic heterocycles. The Morgan fingerprint density at radius 2 is 2.39 bits per heavy atom. The van der Waals surface area contributed by atoms with Crippen molar-refractivity contribution in [3.05, 3.63) is 34.3 Å². The van der Waals surface area contributed by atoms with Crippen LogP contribution >= 0.6 is 0 Å². The molecule has 3 rings (SSSR count). The van der Waals surface area contributed by atoms with Crippen LogP contribution in [0.5, 0.6) is 0 Å². The van der Waals surface area contributed by atoms with Gasteiger partial charge in [-0.25, -0.2) is 4.79 Å². The Morgan fingerprint density at radius 3 is 3.11 bits per heavy atom. The van der Waals surface area contributed by atoms with Gasteiger partial charge in [-0.05, 0) is 49.9 Å². The van der Waals surface area contributed by atoms with Crippen LogP contribution in [0.1, 0.15) is 31.2 Å². The lowest BCUT2D eigenvalue weighted by molar-refractivity contribution is 0.462. The molecule has 4 heteroatoms. The molecule has 1 N–H and O–H groups in total. The summed E-state index contributed by atoms with van der Waals surface area (Å²) in [6, 6.07) is 6.12. The smallest absolute Gasteiger partial charge is 0.408 e. The first-order valence-electron chi connectivity index (χ1n) is 6.63. The molecule has 1 aliphatic rings. The van der Waals surface area contributed by atoms with E-state index < -0.39 is 0 Å². The van der Waals surface area contributed by atoms with Crippen LogP contribution in [0.2, 0.25) is 0 Å². The summed E-state index contributed by atoms with van der Waals surface area (Å²) in [4.78, 5) is 11.6. The Balaban J connectivity index is 2.06. The van der Waals surface area contributed by atoms with E-state index in [1.807, 2.05) is 13.0 Å². The molecule has 0 saturated carbocycles. The van der Waals surface area contributed by atoms with E-state index in [-0.39, 0.29) is 5.76 Å². The molecular weight excluding hydrogens is 228 g/mol. The summed E-state index contributed by atoms with van der Waals surface area (Å²) >= 11 is 0. The lowest BCUT2D eigenvalue weighted by atomic mass is 9.91. The maximum atomic E-state index is 11.6. The van der Waals surface area contributed by atoms with E-state index in [2.05, 4.69) is 17.4 Å². The summed E-state index contributed by atoms with van der Waals surface area (Å²) in [6.07, 6.45) is 2.43. The SMILES string of the molecule is CCn1c(=O)oc2ccc(C3CCCNC3)cc21. The summed E-state index contributed by atoms with van der Waals surface area (Å²) in [6.45, 7) is 4.76. The largest absolute Gasteiger partial charge is 0.419 e. The van der Waals surface area contributed by atoms with Gasteiger partial charge in [-0.2, -0.15) is 0 Å². The molecule has 0 spiro atoms. The van der Waals surface area contributed by atoms with Gasteiger partial charge in [-0.1, -0.05) is 6.07 Å². The van der Waals surface area contributed by atoms with Crippen molar-refractivity contribution in [1.82, 2.24) is 9.88 Å². The van der Waals surface area contributed by atoms with E-state index in [1.165, 1.54) is 18.4 Å². The number of benzene rings is 1. The Morgan fingerprint density at radius 1 is 1.50 bits per heavy atom. The second kappa shape index (κ2) is 4.61. The summed E-state index contributed by atoms with van der Waals surface area (Å²) in [5, 5.41) is 3.42. The van der Waals surface area contributed by atoms with Gasteiger partial charge in [0.2, 0.25) is 0 Å². The second-order valence-electron chi connectivity index (χ2n) is 4.88. The quantitative estimate of drug-likeness (QED) is 0.882. The highest BCUT2D eigenvalue weighted by Crippen LogP contribution is 2.26. The molecule has 0 amide bonds. The minimum absolute atomic E-state index is 0.258. The van der Waals surface area contributed by atoms with Crippen molar-refractivity contribution in [2.45, 2.75) is 32.2 Å². The Bertz CT molecular complexity index is 606. The van der Waals surface area contributed by atoms with Crippen molar-refractivity contribution in [3.8, 4) is 0 Å². The standard InChI is InChI=1S/C14H18N2O2/c1-2-16-12-8-10(11-4-3-7-15-9-11)5-6-13(12)18-14(16)17/h5-6,8,11,15H,2-4,7,9H2,1H3. The first-order valence-corrected chi connectivity index (χ1v) is 6.63. The molecule has 1 fully saturated rings.